The zero-order valence-electron chi connectivity index (χ0n) is 8.56. The summed E-state index contributed by atoms with van der Waals surface area (Å²) in [6.07, 6.45) is 3.68. The van der Waals surface area contributed by atoms with Gasteiger partial charge in [0.25, 0.3) is 0 Å². The lowest BCUT2D eigenvalue weighted by molar-refractivity contribution is 0.0597. The molecule has 2 aromatic heterocycles. The summed E-state index contributed by atoms with van der Waals surface area (Å²) in [6.45, 7) is 0. The van der Waals surface area contributed by atoms with E-state index in [4.69, 9.17) is 4.74 Å². The molecule has 0 spiro atoms. The summed E-state index contributed by atoms with van der Waals surface area (Å²) >= 11 is 0. The van der Waals surface area contributed by atoms with Gasteiger partial charge in [-0.3, -0.25) is 0 Å². The molecule has 0 aromatic carbocycles. The molecular weight excluding hydrogens is 194 g/mol. The summed E-state index contributed by atoms with van der Waals surface area (Å²) in [5.74, 6) is 0.143. The van der Waals surface area contributed by atoms with E-state index >= 15 is 0 Å². The summed E-state index contributed by atoms with van der Waals surface area (Å²) < 4.78 is 11.8. The number of hydrogen-bond donors (Lipinski definition) is 0. The van der Waals surface area contributed by atoms with E-state index in [0.717, 1.165) is 5.52 Å². The molecule has 0 bridgehead atoms. The lowest BCUT2D eigenvalue weighted by Crippen LogP contribution is -2.05. The number of carbonyl (C=O) groups is 1. The topological polar surface area (TPSA) is 39.9 Å². The minimum absolute atomic E-state index is 0.393. The number of rotatable bonds is 2. The van der Waals surface area contributed by atoms with Crippen molar-refractivity contribution in [3.8, 4) is 5.75 Å². The first-order valence-corrected chi connectivity index (χ1v) is 4.50. The maximum atomic E-state index is 11.4. The first-order valence-electron chi connectivity index (χ1n) is 4.50. The molecule has 78 valence electrons. The van der Waals surface area contributed by atoms with Gasteiger partial charge in [-0.25, -0.2) is 4.79 Å². The minimum Gasteiger partial charge on any atom is -0.494 e. The van der Waals surface area contributed by atoms with E-state index in [0.29, 0.717) is 11.3 Å². The molecule has 0 radical (unpaired) electrons. The van der Waals surface area contributed by atoms with E-state index in [1.54, 1.807) is 12.3 Å². The molecular formula is C11H11NO3. The van der Waals surface area contributed by atoms with Gasteiger partial charge in [-0.15, -0.1) is 0 Å². The number of methoxy groups -OCH3 is 2. The SMILES string of the molecule is COC(=O)c1ccn2cccc2c1OC. The van der Waals surface area contributed by atoms with Crippen molar-refractivity contribution in [2.75, 3.05) is 14.2 Å². The van der Waals surface area contributed by atoms with Crippen LogP contribution in [0.2, 0.25) is 0 Å². The lowest BCUT2D eigenvalue weighted by atomic mass is 10.2. The number of pyridine rings is 1. The number of aromatic nitrogens is 1. The average molecular weight is 205 g/mol. The van der Waals surface area contributed by atoms with E-state index < -0.39 is 5.97 Å². The fraction of sp³-hybridized carbons (Fsp3) is 0.182. The van der Waals surface area contributed by atoms with Crippen molar-refractivity contribution in [2.45, 2.75) is 0 Å². The summed E-state index contributed by atoms with van der Waals surface area (Å²) in [5.41, 5.74) is 1.28. The van der Waals surface area contributed by atoms with Crippen LogP contribution in [0, 0.1) is 0 Å². The highest BCUT2D eigenvalue weighted by molar-refractivity contribution is 5.95. The standard InChI is InChI=1S/C11H11NO3/c1-14-10-8(11(13)15-2)5-7-12-6-3-4-9(10)12/h3-7H,1-2H3. The molecule has 0 N–H and O–H groups in total. The van der Waals surface area contributed by atoms with Gasteiger partial charge in [-0.2, -0.15) is 0 Å². The van der Waals surface area contributed by atoms with Crippen LogP contribution in [-0.4, -0.2) is 24.6 Å². The third kappa shape index (κ3) is 1.44. The molecule has 4 heteroatoms. The first kappa shape index (κ1) is 9.58. The summed E-state index contributed by atoms with van der Waals surface area (Å²) in [7, 11) is 2.89. The Morgan fingerprint density at radius 3 is 2.73 bits per heavy atom. The van der Waals surface area contributed by atoms with Crippen LogP contribution in [0.15, 0.2) is 30.6 Å². The van der Waals surface area contributed by atoms with Gasteiger partial charge in [0.2, 0.25) is 0 Å². The molecule has 0 aliphatic heterocycles. The van der Waals surface area contributed by atoms with Crippen LogP contribution in [0.1, 0.15) is 10.4 Å². The zero-order valence-corrected chi connectivity index (χ0v) is 8.56. The summed E-state index contributed by atoms with van der Waals surface area (Å²) in [5, 5.41) is 0. The van der Waals surface area contributed by atoms with Crippen LogP contribution in [0.3, 0.4) is 0 Å². The molecule has 0 amide bonds. The van der Waals surface area contributed by atoms with Gasteiger partial charge in [-0.05, 0) is 18.2 Å². The molecule has 0 unspecified atom stereocenters. The number of ether oxygens (including phenoxy) is 2. The maximum Gasteiger partial charge on any atom is 0.341 e. The predicted octanol–water partition coefficient (Wildman–Crippen LogP) is 1.73. The van der Waals surface area contributed by atoms with E-state index in [9.17, 15) is 4.79 Å². The molecule has 0 saturated heterocycles. The van der Waals surface area contributed by atoms with Crippen LogP contribution >= 0.6 is 0 Å². The van der Waals surface area contributed by atoms with Crippen molar-refractivity contribution in [3.63, 3.8) is 0 Å². The second-order valence-corrected chi connectivity index (χ2v) is 3.05. The molecule has 15 heavy (non-hydrogen) atoms. The molecule has 2 rings (SSSR count). The largest absolute Gasteiger partial charge is 0.494 e. The lowest BCUT2D eigenvalue weighted by Gasteiger charge is -2.08. The van der Waals surface area contributed by atoms with Gasteiger partial charge >= 0.3 is 5.97 Å². The Morgan fingerprint density at radius 2 is 2.07 bits per heavy atom. The Balaban J connectivity index is 2.69. The van der Waals surface area contributed by atoms with E-state index in [1.807, 2.05) is 22.7 Å². The van der Waals surface area contributed by atoms with Crippen LogP contribution in [0.4, 0.5) is 0 Å². The van der Waals surface area contributed by atoms with Gasteiger partial charge in [0.05, 0.1) is 19.7 Å². The first-order chi connectivity index (χ1) is 7.27. The number of fused-ring (bicyclic) bond motifs is 1. The van der Waals surface area contributed by atoms with Crippen molar-refractivity contribution in [3.05, 3.63) is 36.2 Å². The average Bonchev–Trinajstić information content (AvgIpc) is 2.74. The quantitative estimate of drug-likeness (QED) is 0.701. The molecule has 0 aliphatic rings. The van der Waals surface area contributed by atoms with Gasteiger partial charge in [0, 0.05) is 12.4 Å². The van der Waals surface area contributed by atoms with Crippen molar-refractivity contribution in [1.29, 1.82) is 0 Å². The second kappa shape index (κ2) is 3.65. The monoisotopic (exact) mass is 205 g/mol. The third-order valence-corrected chi connectivity index (χ3v) is 2.27. The van der Waals surface area contributed by atoms with E-state index in [1.165, 1.54) is 14.2 Å². The van der Waals surface area contributed by atoms with Crippen molar-refractivity contribution in [2.24, 2.45) is 0 Å². The molecule has 0 fully saturated rings. The predicted molar refractivity (Wildman–Crippen MR) is 55.3 cm³/mol. The van der Waals surface area contributed by atoms with Gasteiger partial charge in [0.15, 0.2) is 5.75 Å². The maximum absolute atomic E-state index is 11.4. The molecule has 0 atom stereocenters. The summed E-state index contributed by atoms with van der Waals surface area (Å²) in [6, 6.07) is 5.45. The van der Waals surface area contributed by atoms with Crippen LogP contribution in [-0.2, 0) is 4.74 Å². The highest BCUT2D eigenvalue weighted by Gasteiger charge is 2.15. The fourth-order valence-corrected chi connectivity index (χ4v) is 1.57. The Hall–Kier alpha value is -1.97. The second-order valence-electron chi connectivity index (χ2n) is 3.05. The van der Waals surface area contributed by atoms with Crippen molar-refractivity contribution >= 4 is 11.5 Å². The number of nitrogens with zero attached hydrogens (tertiary/aromatic N) is 1. The van der Waals surface area contributed by atoms with Crippen LogP contribution in [0.5, 0.6) is 5.75 Å². The highest BCUT2D eigenvalue weighted by atomic mass is 16.5. The van der Waals surface area contributed by atoms with Crippen LogP contribution in [0.25, 0.3) is 5.52 Å². The smallest absolute Gasteiger partial charge is 0.341 e. The molecule has 4 nitrogen and oxygen atoms in total. The Labute approximate surface area is 87.0 Å². The minimum atomic E-state index is -0.393. The number of carbonyl (C=O) groups excluding carboxylic acids is 1. The Bertz CT molecular complexity index is 502. The van der Waals surface area contributed by atoms with Crippen LogP contribution < -0.4 is 4.74 Å². The van der Waals surface area contributed by atoms with Gasteiger partial charge < -0.3 is 13.9 Å². The van der Waals surface area contributed by atoms with E-state index in [-0.39, 0.29) is 0 Å². The van der Waals surface area contributed by atoms with Gasteiger partial charge in [0.1, 0.15) is 5.56 Å². The van der Waals surface area contributed by atoms with E-state index in [2.05, 4.69) is 4.74 Å². The van der Waals surface area contributed by atoms with Gasteiger partial charge in [-0.1, -0.05) is 0 Å². The highest BCUT2D eigenvalue weighted by Crippen LogP contribution is 2.25. The number of hydrogen-bond acceptors (Lipinski definition) is 3. The molecule has 0 saturated carbocycles. The Morgan fingerprint density at radius 1 is 1.27 bits per heavy atom. The molecule has 2 aromatic rings. The fourth-order valence-electron chi connectivity index (χ4n) is 1.57. The normalized spacial score (nSPS) is 10.3. The third-order valence-electron chi connectivity index (χ3n) is 2.27. The zero-order chi connectivity index (χ0) is 10.8. The number of esters is 1. The summed E-state index contributed by atoms with van der Waals surface area (Å²) in [4.78, 5) is 11.4. The van der Waals surface area contributed by atoms with Crippen molar-refractivity contribution < 1.29 is 14.3 Å². The Kier molecular flexibility index (Phi) is 2.33. The van der Waals surface area contributed by atoms with Crippen molar-refractivity contribution in [1.82, 2.24) is 4.40 Å². The molecule has 0 aliphatic carbocycles. The molecule has 2 heterocycles.